The van der Waals surface area contributed by atoms with Crippen LogP contribution in [0.5, 0.6) is 23.0 Å². The van der Waals surface area contributed by atoms with E-state index in [9.17, 15) is 13.2 Å². The van der Waals surface area contributed by atoms with Gasteiger partial charge in [0.15, 0.2) is 11.5 Å². The van der Waals surface area contributed by atoms with Crippen molar-refractivity contribution in [2.45, 2.75) is 11.8 Å². The Kier molecular flexibility index (Phi) is 9.80. The van der Waals surface area contributed by atoms with Gasteiger partial charge in [-0.15, -0.1) is 0 Å². The Labute approximate surface area is 235 Å². The molecule has 3 aromatic rings. The normalized spacial score (nSPS) is 11.5. The first-order chi connectivity index (χ1) is 18.1. The number of methoxy groups -OCH3 is 4. The van der Waals surface area contributed by atoms with Crippen molar-refractivity contribution in [3.8, 4) is 23.0 Å². The van der Waals surface area contributed by atoms with Crippen LogP contribution in [0, 0.1) is 3.57 Å². The summed E-state index contributed by atoms with van der Waals surface area (Å²) in [7, 11) is 1.40. The number of ether oxygens (including phenoxy) is 4. The van der Waals surface area contributed by atoms with Gasteiger partial charge in [-0.1, -0.05) is 12.1 Å². The summed E-state index contributed by atoms with van der Waals surface area (Å²) in [4.78, 5) is 12.9. The Morgan fingerprint density at radius 2 is 1.58 bits per heavy atom. The summed E-state index contributed by atoms with van der Waals surface area (Å²) in [5.41, 5.74) is 3.94. The summed E-state index contributed by atoms with van der Waals surface area (Å²) in [6.07, 6.45) is 0. The number of carbonyl (C=O) groups is 1. The lowest BCUT2D eigenvalue weighted by Gasteiger charge is -2.26. The highest BCUT2D eigenvalue weighted by Crippen LogP contribution is 2.37. The van der Waals surface area contributed by atoms with Crippen molar-refractivity contribution in [1.29, 1.82) is 0 Å². The maximum absolute atomic E-state index is 13.9. The molecule has 202 valence electrons. The molecule has 0 unspecified atom stereocenters. The van der Waals surface area contributed by atoms with E-state index >= 15 is 0 Å². The Balaban J connectivity index is 2.04. The van der Waals surface area contributed by atoms with Gasteiger partial charge in [-0.05, 0) is 71.5 Å². The molecule has 12 heteroatoms. The third-order valence-electron chi connectivity index (χ3n) is 5.48. The maximum atomic E-state index is 13.9. The van der Waals surface area contributed by atoms with Gasteiger partial charge in [-0.3, -0.25) is 9.10 Å². The highest BCUT2D eigenvalue weighted by molar-refractivity contribution is 14.1. The fourth-order valence-corrected chi connectivity index (χ4v) is 5.47. The molecule has 0 aliphatic heterocycles. The molecule has 3 aromatic carbocycles. The second-order valence-corrected chi connectivity index (χ2v) is 10.9. The summed E-state index contributed by atoms with van der Waals surface area (Å²) in [5, 5.41) is 4.16. The quantitative estimate of drug-likeness (QED) is 0.189. The average molecular weight is 653 g/mol. The van der Waals surface area contributed by atoms with E-state index in [4.69, 9.17) is 18.9 Å². The number of halogens is 1. The number of nitrogens with one attached hydrogen (secondary N) is 1. The third-order valence-corrected chi connectivity index (χ3v) is 7.90. The smallest absolute Gasteiger partial charge is 0.265 e. The summed E-state index contributed by atoms with van der Waals surface area (Å²) < 4.78 is 51.0. The molecule has 0 aliphatic carbocycles. The zero-order chi connectivity index (χ0) is 27.9. The van der Waals surface area contributed by atoms with E-state index in [0.29, 0.717) is 17.2 Å². The molecule has 38 heavy (non-hydrogen) atoms. The number of sulfonamides is 1. The van der Waals surface area contributed by atoms with Crippen molar-refractivity contribution in [3.63, 3.8) is 0 Å². The zero-order valence-corrected chi connectivity index (χ0v) is 24.5. The van der Waals surface area contributed by atoms with Crippen LogP contribution < -0.4 is 28.7 Å². The molecule has 0 aromatic heterocycles. The van der Waals surface area contributed by atoms with E-state index in [0.717, 1.165) is 13.4 Å². The minimum Gasteiger partial charge on any atom is -0.497 e. The summed E-state index contributed by atoms with van der Waals surface area (Å²) in [6, 6.07) is 16.4. The van der Waals surface area contributed by atoms with Gasteiger partial charge in [0.2, 0.25) is 0 Å². The molecule has 0 heterocycles. The second kappa shape index (κ2) is 12.8. The van der Waals surface area contributed by atoms with Crippen LogP contribution in [0.25, 0.3) is 0 Å². The number of hydrazone groups is 1. The first-order valence-electron chi connectivity index (χ1n) is 11.2. The van der Waals surface area contributed by atoms with Crippen LogP contribution in [0.3, 0.4) is 0 Å². The minimum absolute atomic E-state index is 0.107. The standard InChI is InChI=1S/C26H28IN3O7S/c1-17(18-7-6-8-19(27)13-18)28-29-26(31)16-30(22-14-20(34-2)9-11-23(22)35-3)38(32,33)21-10-12-24(36-4)25(15-21)37-5/h6-15H,16H2,1-5H3,(H,29,31)/b28-17-. The predicted molar refractivity (Wildman–Crippen MR) is 153 cm³/mol. The van der Waals surface area contributed by atoms with Crippen molar-refractivity contribution in [1.82, 2.24) is 5.43 Å². The molecule has 0 spiro atoms. The van der Waals surface area contributed by atoms with Crippen LogP contribution >= 0.6 is 22.6 Å². The Morgan fingerprint density at radius 3 is 2.21 bits per heavy atom. The molecular formula is C26H28IN3O7S. The van der Waals surface area contributed by atoms with E-state index in [2.05, 4.69) is 33.1 Å². The molecular weight excluding hydrogens is 625 g/mol. The minimum atomic E-state index is -4.31. The fourth-order valence-electron chi connectivity index (χ4n) is 3.49. The third kappa shape index (κ3) is 6.67. The molecule has 0 aliphatic rings. The van der Waals surface area contributed by atoms with Crippen molar-refractivity contribution in [2.24, 2.45) is 5.10 Å². The highest BCUT2D eigenvalue weighted by Gasteiger charge is 2.31. The number of rotatable bonds is 11. The number of hydrogen-bond donors (Lipinski definition) is 1. The largest absolute Gasteiger partial charge is 0.497 e. The number of anilines is 1. The molecule has 0 saturated carbocycles. The molecule has 1 N–H and O–H groups in total. The van der Waals surface area contributed by atoms with Crippen molar-refractivity contribution in [2.75, 3.05) is 39.3 Å². The number of carbonyl (C=O) groups excluding carboxylic acids is 1. The fraction of sp³-hybridized carbons (Fsp3) is 0.231. The Hall–Kier alpha value is -3.52. The van der Waals surface area contributed by atoms with E-state index in [1.165, 1.54) is 52.7 Å². The van der Waals surface area contributed by atoms with Crippen LogP contribution in [0.2, 0.25) is 0 Å². The Morgan fingerprint density at radius 1 is 0.895 bits per heavy atom. The maximum Gasteiger partial charge on any atom is 0.265 e. The van der Waals surface area contributed by atoms with Crippen molar-refractivity contribution < 1.29 is 32.2 Å². The molecule has 0 fully saturated rings. The van der Waals surface area contributed by atoms with Gasteiger partial charge >= 0.3 is 0 Å². The molecule has 0 bridgehead atoms. The van der Waals surface area contributed by atoms with Crippen LogP contribution in [-0.2, 0) is 14.8 Å². The molecule has 0 radical (unpaired) electrons. The monoisotopic (exact) mass is 653 g/mol. The summed E-state index contributed by atoms with van der Waals surface area (Å²) >= 11 is 2.18. The first-order valence-corrected chi connectivity index (χ1v) is 13.7. The lowest BCUT2D eigenvalue weighted by Crippen LogP contribution is -2.40. The summed E-state index contributed by atoms with van der Waals surface area (Å²) in [6.45, 7) is 1.15. The van der Waals surface area contributed by atoms with Gasteiger partial charge in [0.1, 0.15) is 18.0 Å². The van der Waals surface area contributed by atoms with E-state index < -0.39 is 22.5 Å². The lowest BCUT2D eigenvalue weighted by atomic mass is 10.1. The molecule has 0 atom stereocenters. The predicted octanol–water partition coefficient (Wildman–Crippen LogP) is 4.06. The first kappa shape index (κ1) is 29.0. The molecule has 3 rings (SSSR count). The van der Waals surface area contributed by atoms with Crippen LogP contribution in [0.1, 0.15) is 12.5 Å². The van der Waals surface area contributed by atoms with Gasteiger partial charge in [0.25, 0.3) is 15.9 Å². The van der Waals surface area contributed by atoms with Gasteiger partial charge in [-0.25, -0.2) is 13.8 Å². The van der Waals surface area contributed by atoms with Gasteiger partial charge < -0.3 is 18.9 Å². The van der Waals surface area contributed by atoms with Gasteiger partial charge in [-0.2, -0.15) is 5.10 Å². The topological polar surface area (TPSA) is 116 Å². The highest BCUT2D eigenvalue weighted by atomic mass is 127. The van der Waals surface area contributed by atoms with Gasteiger partial charge in [0, 0.05) is 15.7 Å². The van der Waals surface area contributed by atoms with Crippen molar-refractivity contribution >= 4 is 49.9 Å². The van der Waals surface area contributed by atoms with E-state index in [1.54, 1.807) is 19.1 Å². The SMILES string of the molecule is COc1ccc(OC)c(N(CC(=O)N/N=C(/C)c2cccc(I)c2)S(=O)(=O)c2ccc(OC)c(OC)c2)c1. The molecule has 10 nitrogen and oxygen atoms in total. The van der Waals surface area contributed by atoms with Gasteiger partial charge in [0.05, 0.1) is 44.7 Å². The number of nitrogens with zero attached hydrogens (tertiary/aromatic N) is 2. The zero-order valence-electron chi connectivity index (χ0n) is 21.5. The van der Waals surface area contributed by atoms with E-state index in [-0.39, 0.29) is 22.1 Å². The number of hydrogen-bond acceptors (Lipinski definition) is 8. The van der Waals surface area contributed by atoms with Crippen LogP contribution in [0.4, 0.5) is 5.69 Å². The van der Waals surface area contributed by atoms with Crippen molar-refractivity contribution in [3.05, 3.63) is 69.8 Å². The lowest BCUT2D eigenvalue weighted by molar-refractivity contribution is -0.119. The molecule has 0 saturated heterocycles. The van der Waals surface area contributed by atoms with Crippen LogP contribution in [0.15, 0.2) is 70.7 Å². The van der Waals surface area contributed by atoms with E-state index in [1.807, 2.05) is 24.3 Å². The number of benzene rings is 3. The second-order valence-electron chi connectivity index (χ2n) is 7.81. The molecule has 1 amide bonds. The Bertz CT molecular complexity index is 1440. The van der Waals surface area contributed by atoms with Crippen LogP contribution in [-0.4, -0.2) is 55.0 Å². The number of amides is 1. The average Bonchev–Trinajstić information content (AvgIpc) is 2.93. The summed E-state index contributed by atoms with van der Waals surface area (Å²) in [5.74, 6) is 0.509.